The first-order valence-electron chi connectivity index (χ1n) is 6.78. The fraction of sp³-hybridized carbons (Fsp3) is 0.235. The Morgan fingerprint density at radius 1 is 1.05 bits per heavy atom. The lowest BCUT2D eigenvalue weighted by atomic mass is 10.0. The van der Waals surface area contributed by atoms with E-state index in [9.17, 15) is 0 Å². The summed E-state index contributed by atoms with van der Waals surface area (Å²) < 4.78 is 5.74. The van der Waals surface area contributed by atoms with Crippen molar-refractivity contribution in [2.45, 2.75) is 19.9 Å². The van der Waals surface area contributed by atoms with Crippen LogP contribution < -0.4 is 5.32 Å². The SMILES string of the molecule is CNC(c1ccc2nc(C)ccc2c1)c1ccc(C)o1. The van der Waals surface area contributed by atoms with Crippen molar-refractivity contribution in [1.82, 2.24) is 10.3 Å². The molecule has 0 bridgehead atoms. The smallest absolute Gasteiger partial charge is 0.125 e. The molecule has 1 aromatic carbocycles. The van der Waals surface area contributed by atoms with Crippen molar-refractivity contribution >= 4 is 10.9 Å². The third kappa shape index (κ3) is 2.32. The van der Waals surface area contributed by atoms with Crippen molar-refractivity contribution in [1.29, 1.82) is 0 Å². The zero-order valence-corrected chi connectivity index (χ0v) is 12.0. The predicted molar refractivity (Wildman–Crippen MR) is 80.8 cm³/mol. The molecule has 102 valence electrons. The van der Waals surface area contributed by atoms with Gasteiger partial charge < -0.3 is 9.73 Å². The Morgan fingerprint density at radius 3 is 2.60 bits per heavy atom. The van der Waals surface area contributed by atoms with Gasteiger partial charge >= 0.3 is 0 Å². The van der Waals surface area contributed by atoms with Crippen LogP contribution in [-0.4, -0.2) is 12.0 Å². The maximum Gasteiger partial charge on any atom is 0.125 e. The first-order chi connectivity index (χ1) is 9.67. The van der Waals surface area contributed by atoms with Gasteiger partial charge in [-0.05, 0) is 56.8 Å². The number of furan rings is 1. The highest BCUT2D eigenvalue weighted by molar-refractivity contribution is 5.79. The molecule has 0 amide bonds. The van der Waals surface area contributed by atoms with E-state index < -0.39 is 0 Å². The number of pyridine rings is 1. The number of aromatic nitrogens is 1. The minimum atomic E-state index is 0.0643. The van der Waals surface area contributed by atoms with Crippen molar-refractivity contribution in [2.24, 2.45) is 0 Å². The van der Waals surface area contributed by atoms with E-state index in [0.29, 0.717) is 0 Å². The summed E-state index contributed by atoms with van der Waals surface area (Å²) in [5.74, 6) is 1.86. The standard InChI is InChI=1S/C17H18N2O/c1-11-4-6-13-10-14(7-8-15(13)19-11)17(18-3)16-9-5-12(2)20-16/h4-10,17-18H,1-3H3. The number of aryl methyl sites for hydroxylation is 2. The molecule has 1 unspecified atom stereocenters. The molecule has 0 aliphatic carbocycles. The lowest BCUT2D eigenvalue weighted by molar-refractivity contribution is 0.444. The van der Waals surface area contributed by atoms with Crippen molar-refractivity contribution < 1.29 is 4.42 Å². The van der Waals surface area contributed by atoms with Crippen LogP contribution in [0.2, 0.25) is 0 Å². The van der Waals surface area contributed by atoms with Crippen LogP contribution in [-0.2, 0) is 0 Å². The second kappa shape index (κ2) is 5.10. The van der Waals surface area contributed by atoms with E-state index in [0.717, 1.165) is 28.1 Å². The van der Waals surface area contributed by atoms with E-state index in [1.165, 1.54) is 5.56 Å². The van der Waals surface area contributed by atoms with Crippen LogP contribution in [0.3, 0.4) is 0 Å². The fourth-order valence-corrected chi connectivity index (χ4v) is 2.51. The van der Waals surface area contributed by atoms with Gasteiger partial charge in [-0.1, -0.05) is 12.1 Å². The molecule has 0 aliphatic heterocycles. The molecule has 1 N–H and O–H groups in total. The summed E-state index contributed by atoms with van der Waals surface area (Å²) in [6.45, 7) is 3.97. The Labute approximate surface area is 118 Å². The number of fused-ring (bicyclic) bond motifs is 1. The van der Waals surface area contributed by atoms with Gasteiger partial charge in [0.25, 0.3) is 0 Å². The predicted octanol–water partition coefficient (Wildman–Crippen LogP) is 3.75. The lowest BCUT2D eigenvalue weighted by Gasteiger charge is -2.15. The van der Waals surface area contributed by atoms with Gasteiger partial charge in [0.2, 0.25) is 0 Å². The summed E-state index contributed by atoms with van der Waals surface area (Å²) in [4.78, 5) is 4.53. The van der Waals surface area contributed by atoms with E-state index in [-0.39, 0.29) is 6.04 Å². The molecule has 0 radical (unpaired) electrons. The van der Waals surface area contributed by atoms with Crippen LogP contribution in [0.25, 0.3) is 10.9 Å². The normalized spacial score (nSPS) is 12.8. The minimum Gasteiger partial charge on any atom is -0.464 e. The zero-order chi connectivity index (χ0) is 14.1. The van der Waals surface area contributed by atoms with E-state index in [1.807, 2.05) is 39.1 Å². The average molecular weight is 266 g/mol. The summed E-state index contributed by atoms with van der Waals surface area (Å²) in [6.07, 6.45) is 0. The van der Waals surface area contributed by atoms with Crippen LogP contribution in [0.5, 0.6) is 0 Å². The van der Waals surface area contributed by atoms with E-state index in [4.69, 9.17) is 4.42 Å². The van der Waals surface area contributed by atoms with Gasteiger partial charge in [-0.2, -0.15) is 0 Å². The fourth-order valence-electron chi connectivity index (χ4n) is 2.51. The largest absolute Gasteiger partial charge is 0.464 e. The minimum absolute atomic E-state index is 0.0643. The van der Waals surface area contributed by atoms with Gasteiger partial charge in [-0.15, -0.1) is 0 Å². The molecule has 0 spiro atoms. The maximum atomic E-state index is 5.74. The Hall–Kier alpha value is -2.13. The Morgan fingerprint density at radius 2 is 1.90 bits per heavy atom. The first-order valence-corrected chi connectivity index (χ1v) is 6.78. The topological polar surface area (TPSA) is 38.1 Å². The molecule has 20 heavy (non-hydrogen) atoms. The molecule has 3 nitrogen and oxygen atoms in total. The van der Waals surface area contributed by atoms with Crippen molar-refractivity contribution in [2.75, 3.05) is 7.05 Å². The van der Waals surface area contributed by atoms with E-state index >= 15 is 0 Å². The number of hydrogen-bond donors (Lipinski definition) is 1. The molecule has 3 heteroatoms. The summed E-state index contributed by atoms with van der Waals surface area (Å²) in [7, 11) is 1.94. The second-order valence-corrected chi connectivity index (χ2v) is 5.07. The second-order valence-electron chi connectivity index (χ2n) is 5.07. The number of nitrogens with one attached hydrogen (secondary N) is 1. The summed E-state index contributed by atoms with van der Waals surface area (Å²) >= 11 is 0. The van der Waals surface area contributed by atoms with Crippen LogP contribution in [0, 0.1) is 13.8 Å². The van der Waals surface area contributed by atoms with Gasteiger partial charge in [0.15, 0.2) is 0 Å². The van der Waals surface area contributed by atoms with Crippen molar-refractivity contribution in [3.8, 4) is 0 Å². The molecule has 0 aliphatic rings. The van der Waals surface area contributed by atoms with Gasteiger partial charge in [-0.25, -0.2) is 0 Å². The molecule has 3 aromatic rings. The van der Waals surface area contributed by atoms with Gasteiger partial charge in [-0.3, -0.25) is 4.98 Å². The Kier molecular flexibility index (Phi) is 3.28. The molecule has 2 heterocycles. The number of hydrogen-bond acceptors (Lipinski definition) is 3. The van der Waals surface area contributed by atoms with Crippen molar-refractivity contribution in [3.05, 3.63) is 65.2 Å². The quantitative estimate of drug-likeness (QED) is 0.784. The number of benzene rings is 1. The van der Waals surface area contributed by atoms with Crippen LogP contribution >= 0.6 is 0 Å². The number of rotatable bonds is 3. The maximum absolute atomic E-state index is 5.74. The average Bonchev–Trinajstić information content (AvgIpc) is 2.86. The molecular weight excluding hydrogens is 248 g/mol. The van der Waals surface area contributed by atoms with Crippen molar-refractivity contribution in [3.63, 3.8) is 0 Å². The molecule has 2 aromatic heterocycles. The van der Waals surface area contributed by atoms with E-state index in [1.54, 1.807) is 0 Å². The lowest BCUT2D eigenvalue weighted by Crippen LogP contribution is -2.16. The monoisotopic (exact) mass is 266 g/mol. The first kappa shape index (κ1) is 12.9. The third-order valence-electron chi connectivity index (χ3n) is 3.52. The van der Waals surface area contributed by atoms with Gasteiger partial charge in [0, 0.05) is 11.1 Å². The molecule has 1 atom stereocenters. The highest BCUT2D eigenvalue weighted by Gasteiger charge is 2.15. The Balaban J connectivity index is 2.05. The molecule has 0 saturated heterocycles. The summed E-state index contributed by atoms with van der Waals surface area (Å²) in [5.41, 5.74) is 3.25. The van der Waals surface area contributed by atoms with Crippen LogP contribution in [0.1, 0.15) is 28.8 Å². The summed E-state index contributed by atoms with van der Waals surface area (Å²) in [5, 5.41) is 4.46. The molecule has 3 rings (SSSR count). The third-order valence-corrected chi connectivity index (χ3v) is 3.52. The highest BCUT2D eigenvalue weighted by atomic mass is 16.3. The van der Waals surface area contributed by atoms with Gasteiger partial charge in [0.05, 0.1) is 11.6 Å². The molecule has 0 saturated carbocycles. The zero-order valence-electron chi connectivity index (χ0n) is 12.0. The van der Waals surface area contributed by atoms with Crippen LogP contribution in [0.15, 0.2) is 46.9 Å². The highest BCUT2D eigenvalue weighted by Crippen LogP contribution is 2.26. The Bertz CT molecular complexity index is 746. The summed E-state index contributed by atoms with van der Waals surface area (Å²) in [6, 6.07) is 14.6. The molecule has 0 fully saturated rings. The molecular formula is C17H18N2O. The van der Waals surface area contributed by atoms with Crippen LogP contribution in [0.4, 0.5) is 0 Å². The number of nitrogens with zero attached hydrogens (tertiary/aromatic N) is 1. The van der Waals surface area contributed by atoms with E-state index in [2.05, 4.69) is 34.6 Å². The van der Waals surface area contributed by atoms with Gasteiger partial charge in [0.1, 0.15) is 11.5 Å².